The number of hydrogen-bond donors (Lipinski definition) is 4. The first kappa shape index (κ1) is 30.6. The lowest BCUT2D eigenvalue weighted by Crippen LogP contribution is -2.29. The summed E-state index contributed by atoms with van der Waals surface area (Å²) in [6, 6.07) is 0. The van der Waals surface area contributed by atoms with Crippen LogP contribution in [0.4, 0.5) is 0 Å². The molecule has 2 amide bonds. The Morgan fingerprint density at radius 3 is 1.12 bits per heavy atom. The molecule has 0 heterocycles. The minimum absolute atomic E-state index is 0.0994. The summed E-state index contributed by atoms with van der Waals surface area (Å²) in [7, 11) is 0. The van der Waals surface area contributed by atoms with Gasteiger partial charge in [-0.3, -0.25) is 9.59 Å². The van der Waals surface area contributed by atoms with Crippen molar-refractivity contribution in [2.75, 3.05) is 105 Å². The highest BCUT2D eigenvalue weighted by Gasteiger charge is 2.02. The molecule has 0 aliphatic heterocycles. The summed E-state index contributed by atoms with van der Waals surface area (Å²) >= 11 is 0. The van der Waals surface area contributed by atoms with Gasteiger partial charge in [-0.25, -0.2) is 0 Å². The molecule has 0 fully saturated rings. The van der Waals surface area contributed by atoms with Gasteiger partial charge in [0.2, 0.25) is 11.8 Å². The summed E-state index contributed by atoms with van der Waals surface area (Å²) in [5.74, 6) is -0.199. The first-order valence-electron chi connectivity index (χ1n) is 11.1. The fourth-order valence-electron chi connectivity index (χ4n) is 2.16. The van der Waals surface area contributed by atoms with E-state index in [0.29, 0.717) is 105 Å². The number of rotatable bonds is 25. The van der Waals surface area contributed by atoms with Gasteiger partial charge in [-0.05, 0) is 0 Å². The van der Waals surface area contributed by atoms with E-state index < -0.39 is 0 Å². The standard InChI is InChI=1S/C20H42N4O8/c21-3-9-29-15-17-31-11-5-23-19(25)1-7-27-13-14-28-8-2-20(26)24-6-12-32-18-16-30-10-4-22/h1-18,21-22H2,(H,23,25)(H,24,26). The Hall–Kier alpha value is -1.38. The molecule has 0 saturated heterocycles. The minimum Gasteiger partial charge on any atom is -0.379 e. The SMILES string of the molecule is NCCOCCOCCNC(=O)CCOCCOCCC(=O)NCCOCCOCCN. The number of hydrogen-bond acceptors (Lipinski definition) is 10. The molecule has 0 atom stereocenters. The zero-order valence-electron chi connectivity index (χ0n) is 19.1. The average Bonchev–Trinajstić information content (AvgIpc) is 2.79. The minimum atomic E-state index is -0.0994. The van der Waals surface area contributed by atoms with Crippen molar-refractivity contribution in [2.24, 2.45) is 11.5 Å². The summed E-state index contributed by atoms with van der Waals surface area (Å²) in [5, 5.41) is 5.49. The van der Waals surface area contributed by atoms with Crippen molar-refractivity contribution in [2.45, 2.75) is 12.8 Å². The highest BCUT2D eigenvalue weighted by Crippen LogP contribution is 1.88. The van der Waals surface area contributed by atoms with Gasteiger partial charge in [0.05, 0.1) is 79.3 Å². The molecule has 0 aromatic rings. The first-order valence-corrected chi connectivity index (χ1v) is 11.1. The van der Waals surface area contributed by atoms with Crippen molar-refractivity contribution in [3.8, 4) is 0 Å². The lowest BCUT2D eigenvalue weighted by molar-refractivity contribution is -0.124. The van der Waals surface area contributed by atoms with E-state index in [-0.39, 0.29) is 24.7 Å². The van der Waals surface area contributed by atoms with E-state index in [0.717, 1.165) is 0 Å². The topological polar surface area (TPSA) is 166 Å². The van der Waals surface area contributed by atoms with Crippen molar-refractivity contribution < 1.29 is 38.0 Å². The molecule has 6 N–H and O–H groups in total. The summed E-state index contributed by atoms with van der Waals surface area (Å²) in [6.07, 6.45) is 0.534. The highest BCUT2D eigenvalue weighted by molar-refractivity contribution is 5.76. The molecule has 0 bridgehead atoms. The van der Waals surface area contributed by atoms with Gasteiger partial charge in [0.1, 0.15) is 0 Å². The quantitative estimate of drug-likeness (QED) is 0.111. The zero-order chi connectivity index (χ0) is 23.5. The Morgan fingerprint density at radius 1 is 0.469 bits per heavy atom. The molecule has 0 saturated carbocycles. The van der Waals surface area contributed by atoms with Crippen LogP contribution >= 0.6 is 0 Å². The van der Waals surface area contributed by atoms with E-state index in [1.54, 1.807) is 0 Å². The normalized spacial score (nSPS) is 10.9. The molecule has 32 heavy (non-hydrogen) atoms. The van der Waals surface area contributed by atoms with E-state index in [1.165, 1.54) is 0 Å². The maximum Gasteiger partial charge on any atom is 0.222 e. The van der Waals surface area contributed by atoms with Gasteiger partial charge in [0, 0.05) is 39.0 Å². The van der Waals surface area contributed by atoms with Crippen LogP contribution in [0, 0.1) is 0 Å². The largest absolute Gasteiger partial charge is 0.379 e. The number of nitrogens with two attached hydrogens (primary N) is 2. The Balaban J connectivity index is 3.25. The third kappa shape index (κ3) is 24.9. The second-order valence-electron chi connectivity index (χ2n) is 6.45. The summed E-state index contributed by atoms with van der Waals surface area (Å²) in [4.78, 5) is 23.3. The molecule has 0 spiro atoms. The molecule has 12 nitrogen and oxygen atoms in total. The molecular formula is C20H42N4O8. The molecule has 0 aromatic heterocycles. The van der Waals surface area contributed by atoms with Crippen LogP contribution in [0.1, 0.15) is 12.8 Å². The van der Waals surface area contributed by atoms with Crippen LogP contribution in [0.25, 0.3) is 0 Å². The predicted molar refractivity (Wildman–Crippen MR) is 118 cm³/mol. The number of carbonyl (C=O) groups is 2. The van der Waals surface area contributed by atoms with Crippen molar-refractivity contribution in [1.29, 1.82) is 0 Å². The van der Waals surface area contributed by atoms with Crippen molar-refractivity contribution >= 4 is 11.8 Å². The van der Waals surface area contributed by atoms with Crippen LogP contribution in [-0.4, -0.2) is 117 Å². The molecule has 0 aliphatic carbocycles. The number of amides is 2. The summed E-state index contributed by atoms with van der Waals surface area (Å²) in [6.45, 7) is 7.02. The fraction of sp³-hybridized carbons (Fsp3) is 0.900. The molecule has 0 radical (unpaired) electrons. The van der Waals surface area contributed by atoms with Crippen LogP contribution in [0.2, 0.25) is 0 Å². The van der Waals surface area contributed by atoms with E-state index in [4.69, 9.17) is 39.9 Å². The van der Waals surface area contributed by atoms with Gasteiger partial charge in [0.25, 0.3) is 0 Å². The third-order valence-electron chi connectivity index (χ3n) is 3.72. The van der Waals surface area contributed by atoms with Crippen LogP contribution in [0.3, 0.4) is 0 Å². The lowest BCUT2D eigenvalue weighted by atomic mass is 10.4. The molecule has 0 rings (SSSR count). The second kappa shape index (κ2) is 25.9. The second-order valence-corrected chi connectivity index (χ2v) is 6.45. The van der Waals surface area contributed by atoms with Gasteiger partial charge >= 0.3 is 0 Å². The van der Waals surface area contributed by atoms with E-state index in [9.17, 15) is 9.59 Å². The summed E-state index contributed by atoms with van der Waals surface area (Å²) < 4.78 is 31.6. The van der Waals surface area contributed by atoms with Crippen LogP contribution in [-0.2, 0) is 38.0 Å². The predicted octanol–water partition coefficient (Wildman–Crippen LogP) is -1.98. The molecule has 12 heteroatoms. The van der Waals surface area contributed by atoms with E-state index >= 15 is 0 Å². The van der Waals surface area contributed by atoms with Gasteiger partial charge < -0.3 is 50.5 Å². The monoisotopic (exact) mass is 466 g/mol. The van der Waals surface area contributed by atoms with Gasteiger partial charge in [-0.1, -0.05) is 0 Å². The highest BCUT2D eigenvalue weighted by atomic mass is 16.5. The third-order valence-corrected chi connectivity index (χ3v) is 3.72. The maximum atomic E-state index is 11.6. The molecule has 0 unspecified atom stereocenters. The molecule has 0 aromatic carbocycles. The molecule has 190 valence electrons. The zero-order valence-corrected chi connectivity index (χ0v) is 19.1. The average molecular weight is 467 g/mol. The Kier molecular flexibility index (Phi) is 24.8. The smallest absolute Gasteiger partial charge is 0.222 e. The lowest BCUT2D eigenvalue weighted by Gasteiger charge is -2.08. The Bertz CT molecular complexity index is 394. The molecule has 0 aliphatic rings. The van der Waals surface area contributed by atoms with Crippen molar-refractivity contribution in [3.05, 3.63) is 0 Å². The van der Waals surface area contributed by atoms with Gasteiger partial charge in [0.15, 0.2) is 0 Å². The maximum absolute atomic E-state index is 11.6. The van der Waals surface area contributed by atoms with Crippen molar-refractivity contribution in [1.82, 2.24) is 10.6 Å². The van der Waals surface area contributed by atoms with E-state index in [2.05, 4.69) is 10.6 Å². The Morgan fingerprint density at radius 2 is 0.781 bits per heavy atom. The van der Waals surface area contributed by atoms with Crippen LogP contribution in [0.5, 0.6) is 0 Å². The van der Waals surface area contributed by atoms with Crippen LogP contribution < -0.4 is 22.1 Å². The van der Waals surface area contributed by atoms with Gasteiger partial charge in [-0.15, -0.1) is 0 Å². The van der Waals surface area contributed by atoms with Crippen molar-refractivity contribution in [3.63, 3.8) is 0 Å². The number of nitrogens with one attached hydrogen (secondary N) is 2. The van der Waals surface area contributed by atoms with Gasteiger partial charge in [-0.2, -0.15) is 0 Å². The number of carbonyl (C=O) groups excluding carboxylic acids is 2. The first-order chi connectivity index (χ1) is 15.7. The van der Waals surface area contributed by atoms with Crippen LogP contribution in [0.15, 0.2) is 0 Å². The Labute approximate surface area is 190 Å². The number of ether oxygens (including phenoxy) is 6. The molecular weight excluding hydrogens is 424 g/mol. The summed E-state index contributed by atoms with van der Waals surface area (Å²) in [5.41, 5.74) is 10.6. The van der Waals surface area contributed by atoms with E-state index in [1.807, 2.05) is 0 Å². The fourth-order valence-corrected chi connectivity index (χ4v) is 2.16.